The predicted molar refractivity (Wildman–Crippen MR) is 114 cm³/mol. The summed E-state index contributed by atoms with van der Waals surface area (Å²) in [6.07, 6.45) is 0. The number of carbonyl (C=O) groups excluding carboxylic acids is 1. The minimum absolute atomic E-state index is 0.0176. The zero-order chi connectivity index (χ0) is 24.5. The van der Waals surface area contributed by atoms with Gasteiger partial charge in [0, 0.05) is 43.8 Å². The lowest BCUT2D eigenvalue weighted by Crippen LogP contribution is -2.46. The monoisotopic (exact) mass is 429 g/mol. The number of fused-ring (bicyclic) bond motifs is 1. The summed E-state index contributed by atoms with van der Waals surface area (Å²) in [5.74, 6) is -1.77. The maximum Gasteiger partial charge on any atom is 0.311 e. The normalized spacial score (nSPS) is 16.5. The number of anilines is 1. The van der Waals surface area contributed by atoms with E-state index in [0.717, 1.165) is 5.56 Å². The van der Waals surface area contributed by atoms with Crippen LogP contribution in [0.25, 0.3) is 11.0 Å². The predicted octanol–water partition coefficient (Wildman–Crippen LogP) is 1.15. The van der Waals surface area contributed by atoms with Crippen LogP contribution in [0.3, 0.4) is 0 Å². The molecule has 0 unspecified atom stereocenters. The summed E-state index contributed by atoms with van der Waals surface area (Å²) in [5, 5.41) is 1.79. The van der Waals surface area contributed by atoms with Crippen LogP contribution in [-0.4, -0.2) is 66.0 Å². The highest BCUT2D eigenvalue weighted by atomic mass is 19.1. The molecule has 1 aliphatic heterocycles. The number of ether oxygens (including phenoxy) is 1. The third-order valence-corrected chi connectivity index (χ3v) is 5.21. The van der Waals surface area contributed by atoms with Crippen molar-refractivity contribution < 1.29 is 18.0 Å². The Balaban J connectivity index is 1.39. The topological polar surface area (TPSA) is 103 Å². The molecule has 9 nitrogen and oxygen atoms in total. The van der Waals surface area contributed by atoms with Crippen molar-refractivity contribution in [1.82, 2.24) is 25.2 Å². The van der Waals surface area contributed by atoms with Gasteiger partial charge < -0.3 is 19.9 Å². The van der Waals surface area contributed by atoms with Crippen molar-refractivity contribution in [2.24, 2.45) is 0 Å². The molecule has 2 N–H and O–H groups in total. The van der Waals surface area contributed by atoms with Crippen molar-refractivity contribution in [3.8, 4) is 5.88 Å². The lowest BCUT2D eigenvalue weighted by atomic mass is 10.1. The molecule has 4 rings (SSSR count). The summed E-state index contributed by atoms with van der Waals surface area (Å²) in [5.41, 5.74) is 1.83. The van der Waals surface area contributed by atoms with Crippen molar-refractivity contribution >= 4 is 22.6 Å². The number of rotatable bonds is 5. The van der Waals surface area contributed by atoms with Crippen molar-refractivity contribution in [2.75, 3.05) is 45.2 Å². The van der Waals surface area contributed by atoms with Crippen LogP contribution in [-0.2, 0) is 6.54 Å². The van der Waals surface area contributed by atoms with Gasteiger partial charge in [-0.1, -0.05) is 6.07 Å². The van der Waals surface area contributed by atoms with E-state index in [4.69, 9.17) is 8.85 Å². The van der Waals surface area contributed by atoms with Gasteiger partial charge in [-0.2, -0.15) is 4.39 Å². The standard InChI is InChI=1S/C21H23FN6O3/c1-23-19(29)15-5-6-17(18(22)24-15)28-9-7-27(8-10-28)12-13-3-4-14-16(11-13)25-20(30)21(26-14)31-2/h3-6,11H,7-10,12H2,1-2H3,(H,23,29)(H,25,30)/i1D3. The van der Waals surface area contributed by atoms with E-state index in [0.29, 0.717) is 43.8 Å². The first-order chi connectivity index (χ1) is 16.1. The maximum absolute atomic E-state index is 14.6. The van der Waals surface area contributed by atoms with Gasteiger partial charge in [-0.3, -0.25) is 14.5 Å². The van der Waals surface area contributed by atoms with E-state index in [9.17, 15) is 14.0 Å². The molecule has 31 heavy (non-hydrogen) atoms. The average molecular weight is 429 g/mol. The van der Waals surface area contributed by atoms with E-state index in [1.165, 1.54) is 19.2 Å². The first-order valence-corrected chi connectivity index (χ1v) is 9.66. The summed E-state index contributed by atoms with van der Waals surface area (Å²) in [7, 11) is 1.39. The van der Waals surface area contributed by atoms with Crippen LogP contribution in [0.1, 0.15) is 20.2 Å². The minimum atomic E-state index is -2.67. The number of nitrogens with zero attached hydrogens (tertiary/aromatic N) is 4. The highest BCUT2D eigenvalue weighted by molar-refractivity contribution is 5.92. The Hall–Kier alpha value is -3.53. The van der Waals surface area contributed by atoms with Gasteiger partial charge in [0.25, 0.3) is 11.8 Å². The molecule has 1 fully saturated rings. The van der Waals surface area contributed by atoms with Crippen LogP contribution in [0, 0.1) is 5.95 Å². The fourth-order valence-corrected chi connectivity index (χ4v) is 3.61. The SMILES string of the molecule is [2H]C([2H])([2H])NC(=O)c1ccc(N2CCN(Cc3ccc4nc(OC)c(=O)[nH]c4c3)CC2)c(F)n1. The summed E-state index contributed by atoms with van der Waals surface area (Å²) in [6.45, 7) is 0.387. The second-order valence-corrected chi connectivity index (χ2v) is 7.15. The molecule has 0 atom stereocenters. The Morgan fingerprint density at radius 3 is 2.77 bits per heavy atom. The largest absolute Gasteiger partial charge is 0.477 e. The summed E-state index contributed by atoms with van der Waals surface area (Å²) in [4.78, 5) is 38.5. The number of methoxy groups -OCH3 is 1. The van der Waals surface area contributed by atoms with Crippen LogP contribution in [0.5, 0.6) is 5.88 Å². The summed E-state index contributed by atoms with van der Waals surface area (Å²) >= 11 is 0. The molecule has 0 spiro atoms. The van der Waals surface area contributed by atoms with E-state index in [-0.39, 0.29) is 17.3 Å². The van der Waals surface area contributed by atoms with Gasteiger partial charge in [0.1, 0.15) is 5.69 Å². The first kappa shape index (κ1) is 17.2. The molecule has 3 aromatic rings. The molecule has 1 aliphatic rings. The summed E-state index contributed by atoms with van der Waals surface area (Å²) in [6, 6.07) is 8.39. The minimum Gasteiger partial charge on any atom is -0.477 e. The number of piperazine rings is 1. The molecule has 0 bridgehead atoms. The second-order valence-electron chi connectivity index (χ2n) is 7.15. The molecular formula is C21H23FN6O3. The van der Waals surface area contributed by atoms with Crippen molar-refractivity contribution in [3.63, 3.8) is 0 Å². The van der Waals surface area contributed by atoms with Crippen molar-refractivity contribution in [2.45, 2.75) is 6.54 Å². The van der Waals surface area contributed by atoms with E-state index in [1.54, 1.807) is 5.32 Å². The van der Waals surface area contributed by atoms with Gasteiger partial charge in [0.15, 0.2) is 0 Å². The number of aromatic amines is 1. The maximum atomic E-state index is 14.6. The Bertz CT molecular complexity index is 1270. The molecule has 10 heteroatoms. The number of nitrogens with one attached hydrogen (secondary N) is 2. The number of carbonyl (C=O) groups is 1. The van der Waals surface area contributed by atoms with Gasteiger partial charge in [0.05, 0.1) is 23.8 Å². The quantitative estimate of drug-likeness (QED) is 0.587. The third kappa shape index (κ3) is 4.33. The lowest BCUT2D eigenvalue weighted by molar-refractivity contribution is 0.0957. The van der Waals surface area contributed by atoms with Crippen LogP contribution >= 0.6 is 0 Å². The number of amides is 1. The van der Waals surface area contributed by atoms with Crippen LogP contribution in [0.2, 0.25) is 0 Å². The molecule has 2 aromatic heterocycles. The van der Waals surface area contributed by atoms with E-state index < -0.39 is 24.4 Å². The second kappa shape index (κ2) is 8.68. The van der Waals surface area contributed by atoms with Crippen molar-refractivity contribution in [1.29, 1.82) is 0 Å². The van der Waals surface area contributed by atoms with E-state index >= 15 is 0 Å². The lowest BCUT2D eigenvalue weighted by Gasteiger charge is -2.36. The highest BCUT2D eigenvalue weighted by Gasteiger charge is 2.21. The van der Waals surface area contributed by atoms with Crippen LogP contribution in [0.15, 0.2) is 35.1 Å². The summed E-state index contributed by atoms with van der Waals surface area (Å²) < 4.78 is 40.8. The molecule has 1 amide bonds. The number of aromatic nitrogens is 3. The van der Waals surface area contributed by atoms with Crippen LogP contribution in [0.4, 0.5) is 10.1 Å². The third-order valence-electron chi connectivity index (χ3n) is 5.21. The molecular weight excluding hydrogens is 403 g/mol. The number of pyridine rings is 1. The molecule has 162 valence electrons. The van der Waals surface area contributed by atoms with Crippen molar-refractivity contribution in [3.05, 3.63) is 57.9 Å². The van der Waals surface area contributed by atoms with E-state index in [1.807, 2.05) is 23.1 Å². The Kier molecular flexibility index (Phi) is 4.81. The van der Waals surface area contributed by atoms with E-state index in [2.05, 4.69) is 19.9 Å². The molecule has 0 aliphatic carbocycles. The van der Waals surface area contributed by atoms with Crippen LogP contribution < -0.4 is 20.5 Å². The zero-order valence-corrected chi connectivity index (χ0v) is 16.8. The van der Waals surface area contributed by atoms with Gasteiger partial charge in [-0.25, -0.2) is 9.97 Å². The fraction of sp³-hybridized carbons (Fsp3) is 0.333. The Morgan fingerprint density at radius 2 is 2.06 bits per heavy atom. The van der Waals surface area contributed by atoms with Gasteiger partial charge in [-0.15, -0.1) is 0 Å². The molecule has 1 aromatic carbocycles. The van der Waals surface area contributed by atoms with Gasteiger partial charge in [0.2, 0.25) is 5.95 Å². The Labute approximate surface area is 182 Å². The fourth-order valence-electron chi connectivity index (χ4n) is 3.61. The number of H-pyrrole nitrogens is 1. The van der Waals surface area contributed by atoms with Gasteiger partial charge in [-0.05, 0) is 29.8 Å². The molecule has 3 heterocycles. The number of hydrogen-bond donors (Lipinski definition) is 2. The Morgan fingerprint density at radius 1 is 1.26 bits per heavy atom. The molecule has 0 radical (unpaired) electrons. The molecule has 1 saturated heterocycles. The first-order valence-electron chi connectivity index (χ1n) is 11.2. The molecule has 0 saturated carbocycles. The average Bonchev–Trinajstić information content (AvgIpc) is 2.78. The number of benzene rings is 1. The highest BCUT2D eigenvalue weighted by Crippen LogP contribution is 2.21. The van der Waals surface area contributed by atoms with Gasteiger partial charge >= 0.3 is 5.56 Å². The number of halogens is 1. The smallest absolute Gasteiger partial charge is 0.311 e. The number of hydrogen-bond acceptors (Lipinski definition) is 7. The zero-order valence-electron chi connectivity index (χ0n) is 19.8.